The molecule has 124 valence electrons. The van der Waals surface area contributed by atoms with E-state index in [0.717, 1.165) is 29.4 Å². The van der Waals surface area contributed by atoms with E-state index < -0.39 is 10.0 Å². The van der Waals surface area contributed by atoms with Crippen molar-refractivity contribution >= 4 is 20.8 Å². The minimum atomic E-state index is -3.52. The third-order valence-electron chi connectivity index (χ3n) is 3.93. The van der Waals surface area contributed by atoms with E-state index in [4.69, 9.17) is 9.47 Å². The molecule has 1 fully saturated rings. The van der Waals surface area contributed by atoms with Crippen molar-refractivity contribution in [3.05, 3.63) is 36.4 Å². The minimum absolute atomic E-state index is 0.0148. The highest BCUT2D eigenvalue weighted by Gasteiger charge is 2.20. The zero-order valence-electron chi connectivity index (χ0n) is 13.1. The SMILES string of the molecule is CCOc1ccc2cc(S(=O)(=O)NC[C@@H]3CCCO3)ccc2c1. The van der Waals surface area contributed by atoms with E-state index in [1.54, 1.807) is 18.2 Å². The Morgan fingerprint density at radius 3 is 2.74 bits per heavy atom. The van der Waals surface area contributed by atoms with Gasteiger partial charge >= 0.3 is 0 Å². The van der Waals surface area contributed by atoms with E-state index in [9.17, 15) is 8.42 Å². The Kier molecular flexibility index (Phi) is 4.84. The zero-order chi connectivity index (χ0) is 16.3. The van der Waals surface area contributed by atoms with Crippen LogP contribution in [0.25, 0.3) is 10.8 Å². The molecule has 0 spiro atoms. The van der Waals surface area contributed by atoms with Crippen molar-refractivity contribution in [1.29, 1.82) is 0 Å². The number of rotatable bonds is 6. The highest BCUT2D eigenvalue weighted by Crippen LogP contribution is 2.24. The molecule has 3 rings (SSSR count). The largest absolute Gasteiger partial charge is 0.494 e. The van der Waals surface area contributed by atoms with Gasteiger partial charge in [-0.2, -0.15) is 0 Å². The normalized spacial score (nSPS) is 18.4. The summed E-state index contributed by atoms with van der Waals surface area (Å²) in [5, 5.41) is 1.82. The lowest BCUT2D eigenvalue weighted by Crippen LogP contribution is -2.31. The summed E-state index contributed by atoms with van der Waals surface area (Å²) in [6.07, 6.45) is 1.88. The summed E-state index contributed by atoms with van der Waals surface area (Å²) in [6.45, 7) is 3.57. The van der Waals surface area contributed by atoms with Crippen molar-refractivity contribution in [2.75, 3.05) is 19.8 Å². The van der Waals surface area contributed by atoms with Crippen LogP contribution in [0.15, 0.2) is 41.3 Å². The molecule has 0 aromatic heterocycles. The van der Waals surface area contributed by atoms with Crippen LogP contribution in [-0.4, -0.2) is 34.3 Å². The molecule has 0 unspecified atom stereocenters. The van der Waals surface area contributed by atoms with Gasteiger partial charge in [0.05, 0.1) is 17.6 Å². The number of ether oxygens (including phenoxy) is 2. The summed E-state index contributed by atoms with van der Waals surface area (Å²) in [5.41, 5.74) is 0. The highest BCUT2D eigenvalue weighted by atomic mass is 32.2. The molecule has 1 aliphatic heterocycles. The first-order valence-electron chi connectivity index (χ1n) is 7.86. The maximum absolute atomic E-state index is 12.4. The fourth-order valence-electron chi connectivity index (χ4n) is 2.72. The quantitative estimate of drug-likeness (QED) is 0.881. The van der Waals surface area contributed by atoms with Crippen LogP contribution >= 0.6 is 0 Å². The Morgan fingerprint density at radius 1 is 1.22 bits per heavy atom. The minimum Gasteiger partial charge on any atom is -0.494 e. The van der Waals surface area contributed by atoms with Gasteiger partial charge in [-0.1, -0.05) is 12.1 Å². The van der Waals surface area contributed by atoms with Crippen LogP contribution in [0.2, 0.25) is 0 Å². The van der Waals surface area contributed by atoms with Crippen molar-refractivity contribution < 1.29 is 17.9 Å². The van der Waals surface area contributed by atoms with Gasteiger partial charge < -0.3 is 9.47 Å². The standard InChI is InChI=1S/C17H21NO4S/c1-2-21-15-7-5-14-11-17(8-6-13(14)10-15)23(19,20)18-12-16-4-3-9-22-16/h5-8,10-11,16,18H,2-4,9,12H2,1H3/t16-/m0/s1. The maximum Gasteiger partial charge on any atom is 0.240 e. The second-order valence-corrected chi connectivity index (χ2v) is 7.36. The van der Waals surface area contributed by atoms with E-state index in [1.807, 2.05) is 25.1 Å². The topological polar surface area (TPSA) is 64.6 Å². The summed E-state index contributed by atoms with van der Waals surface area (Å²) in [4.78, 5) is 0.271. The third kappa shape index (κ3) is 3.83. The molecule has 2 aromatic carbocycles. The highest BCUT2D eigenvalue weighted by molar-refractivity contribution is 7.89. The summed E-state index contributed by atoms with van der Waals surface area (Å²) in [5.74, 6) is 0.784. The average molecular weight is 335 g/mol. The molecule has 1 atom stereocenters. The molecule has 2 aromatic rings. The second-order valence-electron chi connectivity index (χ2n) is 5.59. The molecule has 0 aliphatic carbocycles. The van der Waals surface area contributed by atoms with Crippen LogP contribution in [0.3, 0.4) is 0 Å². The second kappa shape index (κ2) is 6.86. The lowest BCUT2D eigenvalue weighted by Gasteiger charge is -2.12. The number of hydrogen-bond donors (Lipinski definition) is 1. The third-order valence-corrected chi connectivity index (χ3v) is 5.35. The van der Waals surface area contributed by atoms with Gasteiger partial charge in [0, 0.05) is 13.2 Å². The Morgan fingerprint density at radius 2 is 2.00 bits per heavy atom. The van der Waals surface area contributed by atoms with Crippen molar-refractivity contribution in [1.82, 2.24) is 4.72 Å². The smallest absolute Gasteiger partial charge is 0.240 e. The van der Waals surface area contributed by atoms with Crippen molar-refractivity contribution in [2.24, 2.45) is 0 Å². The summed E-state index contributed by atoms with van der Waals surface area (Å²) >= 11 is 0. The molecule has 1 saturated heterocycles. The van der Waals surface area contributed by atoms with Crippen LogP contribution in [0, 0.1) is 0 Å². The molecule has 1 heterocycles. The van der Waals surface area contributed by atoms with E-state index in [2.05, 4.69) is 4.72 Å². The molecule has 5 nitrogen and oxygen atoms in total. The average Bonchev–Trinajstić information content (AvgIpc) is 3.06. The number of fused-ring (bicyclic) bond motifs is 1. The van der Waals surface area contributed by atoms with E-state index in [1.165, 1.54) is 0 Å². The van der Waals surface area contributed by atoms with Gasteiger partial charge in [-0.3, -0.25) is 0 Å². The zero-order valence-corrected chi connectivity index (χ0v) is 13.9. The number of benzene rings is 2. The Hall–Kier alpha value is -1.63. The van der Waals surface area contributed by atoms with Gasteiger partial charge in [-0.15, -0.1) is 0 Å². The number of sulfonamides is 1. The summed E-state index contributed by atoms with van der Waals surface area (Å²) in [7, 11) is -3.52. The molecular formula is C17H21NO4S. The molecule has 0 bridgehead atoms. The first kappa shape index (κ1) is 16.2. The molecule has 0 amide bonds. The van der Waals surface area contributed by atoms with Crippen LogP contribution in [0.5, 0.6) is 5.75 Å². The summed E-state index contributed by atoms with van der Waals surface area (Å²) in [6, 6.07) is 10.7. The van der Waals surface area contributed by atoms with Gasteiger partial charge in [0.1, 0.15) is 5.75 Å². The molecule has 23 heavy (non-hydrogen) atoms. The Bertz CT molecular complexity index is 782. The molecule has 6 heteroatoms. The van der Waals surface area contributed by atoms with Gasteiger partial charge in [-0.25, -0.2) is 13.1 Å². The first-order valence-corrected chi connectivity index (χ1v) is 9.35. The Labute approximate surface area is 136 Å². The molecular weight excluding hydrogens is 314 g/mol. The van der Waals surface area contributed by atoms with Crippen LogP contribution < -0.4 is 9.46 Å². The van der Waals surface area contributed by atoms with Crippen molar-refractivity contribution in [2.45, 2.75) is 30.8 Å². The van der Waals surface area contributed by atoms with Gasteiger partial charge in [-0.05, 0) is 54.8 Å². The van der Waals surface area contributed by atoms with E-state index in [-0.39, 0.29) is 11.0 Å². The van der Waals surface area contributed by atoms with Gasteiger partial charge in [0.25, 0.3) is 0 Å². The van der Waals surface area contributed by atoms with Crippen LogP contribution in [0.4, 0.5) is 0 Å². The maximum atomic E-state index is 12.4. The first-order chi connectivity index (χ1) is 11.1. The molecule has 1 N–H and O–H groups in total. The van der Waals surface area contributed by atoms with Crippen molar-refractivity contribution in [3.63, 3.8) is 0 Å². The molecule has 1 aliphatic rings. The van der Waals surface area contributed by atoms with Crippen molar-refractivity contribution in [3.8, 4) is 5.75 Å². The summed E-state index contributed by atoms with van der Waals surface area (Å²) < 4.78 is 38.4. The predicted octanol–water partition coefficient (Wildman–Crippen LogP) is 2.70. The molecule has 0 saturated carbocycles. The number of nitrogens with one attached hydrogen (secondary N) is 1. The fourth-order valence-corrected chi connectivity index (χ4v) is 3.82. The Balaban J connectivity index is 1.79. The number of hydrogen-bond acceptors (Lipinski definition) is 4. The van der Waals surface area contributed by atoms with E-state index >= 15 is 0 Å². The predicted molar refractivity (Wildman–Crippen MR) is 89.3 cm³/mol. The van der Waals surface area contributed by atoms with Crippen LogP contribution in [-0.2, 0) is 14.8 Å². The lowest BCUT2D eigenvalue weighted by atomic mass is 10.1. The fraction of sp³-hybridized carbons (Fsp3) is 0.412. The monoisotopic (exact) mass is 335 g/mol. The molecule has 0 radical (unpaired) electrons. The van der Waals surface area contributed by atoms with E-state index in [0.29, 0.717) is 19.8 Å². The van der Waals surface area contributed by atoms with Gasteiger partial charge in [0.2, 0.25) is 10.0 Å². The lowest BCUT2D eigenvalue weighted by molar-refractivity contribution is 0.114. The van der Waals surface area contributed by atoms with Crippen LogP contribution in [0.1, 0.15) is 19.8 Å². The van der Waals surface area contributed by atoms with Gasteiger partial charge in [0.15, 0.2) is 0 Å².